The Balaban J connectivity index is 5.15. The molecule has 0 aromatic carbocycles. The van der Waals surface area contributed by atoms with Crippen molar-refractivity contribution in [3.05, 3.63) is 0 Å². The summed E-state index contributed by atoms with van der Waals surface area (Å²) in [6, 6.07) is -4.65. The van der Waals surface area contributed by atoms with E-state index in [1.165, 1.54) is 0 Å². The summed E-state index contributed by atoms with van der Waals surface area (Å²) >= 11 is 7.90. The van der Waals surface area contributed by atoms with E-state index in [1.54, 1.807) is 13.8 Å². The first-order valence-electron chi connectivity index (χ1n) is 8.34. The molecule has 0 aromatic rings. The molecule has 0 aliphatic rings. The zero-order valence-corrected chi connectivity index (χ0v) is 17.3. The number of carbonyl (C=O) groups is 5. The van der Waals surface area contributed by atoms with Gasteiger partial charge in [-0.1, -0.05) is 13.8 Å². The number of hydrogen-bond donors (Lipinski definition) is 8. The van der Waals surface area contributed by atoms with Crippen LogP contribution in [0.1, 0.15) is 20.3 Å². The second-order valence-corrected chi connectivity index (χ2v) is 7.06. The summed E-state index contributed by atoms with van der Waals surface area (Å²) in [6.07, 6.45) is -0.611. The smallest absolute Gasteiger partial charge is 0.326 e. The van der Waals surface area contributed by atoms with Crippen LogP contribution in [-0.2, 0) is 24.0 Å². The van der Waals surface area contributed by atoms with Gasteiger partial charge in [0.1, 0.15) is 18.1 Å². The Morgan fingerprint density at radius 2 is 1.43 bits per heavy atom. The van der Waals surface area contributed by atoms with Crippen molar-refractivity contribution in [3.63, 3.8) is 0 Å². The average Bonchev–Trinajstić information content (AvgIpc) is 2.61. The topological polar surface area (TPSA) is 194 Å². The molecule has 13 heteroatoms. The van der Waals surface area contributed by atoms with E-state index in [-0.39, 0.29) is 17.4 Å². The standard InChI is InChI=1S/C15H27N5O6S2/c1-6(2)11(20-12(22)7(16)4-27)14(24)19-9(5-28)13(23)18-8(15(25)26)3-10(17)21/h6-9,11,27-28H,3-5,16H2,1-2H3,(H2,17,21)(H,18,23)(H,19,24)(H,20,22)(H,25,26). The molecule has 8 N–H and O–H groups in total. The van der Waals surface area contributed by atoms with E-state index in [0.29, 0.717) is 0 Å². The first-order chi connectivity index (χ1) is 12.9. The van der Waals surface area contributed by atoms with Crippen molar-refractivity contribution in [1.29, 1.82) is 0 Å². The van der Waals surface area contributed by atoms with E-state index in [1.807, 2.05) is 0 Å². The van der Waals surface area contributed by atoms with Crippen LogP contribution in [0.5, 0.6) is 0 Å². The lowest BCUT2D eigenvalue weighted by atomic mass is 10.0. The number of nitrogens with one attached hydrogen (secondary N) is 3. The number of aliphatic carboxylic acids is 1. The Labute approximate surface area is 173 Å². The van der Waals surface area contributed by atoms with Crippen molar-refractivity contribution in [2.75, 3.05) is 11.5 Å². The zero-order chi connectivity index (χ0) is 22.0. The number of thiol groups is 2. The lowest BCUT2D eigenvalue weighted by Crippen LogP contribution is -2.59. The molecule has 0 bridgehead atoms. The molecule has 0 rings (SSSR count). The Morgan fingerprint density at radius 3 is 1.82 bits per heavy atom. The van der Waals surface area contributed by atoms with Crippen molar-refractivity contribution in [2.45, 2.75) is 44.4 Å². The summed E-state index contributed by atoms with van der Waals surface area (Å²) in [5.41, 5.74) is 10.5. The molecule has 11 nitrogen and oxygen atoms in total. The molecule has 4 amide bonds. The second kappa shape index (κ2) is 12.5. The van der Waals surface area contributed by atoms with Crippen LogP contribution < -0.4 is 27.4 Å². The number of carboxylic acids is 1. The molecule has 0 aliphatic heterocycles. The fraction of sp³-hybridized carbons (Fsp3) is 0.667. The minimum atomic E-state index is -1.54. The van der Waals surface area contributed by atoms with E-state index in [4.69, 9.17) is 16.6 Å². The predicted molar refractivity (Wildman–Crippen MR) is 108 cm³/mol. The molecule has 0 fully saturated rings. The van der Waals surface area contributed by atoms with Crippen molar-refractivity contribution < 1.29 is 29.1 Å². The van der Waals surface area contributed by atoms with Gasteiger partial charge < -0.3 is 32.5 Å². The zero-order valence-electron chi connectivity index (χ0n) is 15.5. The van der Waals surface area contributed by atoms with E-state index in [2.05, 4.69) is 41.2 Å². The molecule has 28 heavy (non-hydrogen) atoms. The van der Waals surface area contributed by atoms with Gasteiger partial charge in [-0.25, -0.2) is 4.79 Å². The number of hydrogen-bond acceptors (Lipinski definition) is 8. The van der Waals surface area contributed by atoms with Gasteiger partial charge in [-0.15, -0.1) is 0 Å². The highest BCUT2D eigenvalue weighted by atomic mass is 32.1. The monoisotopic (exact) mass is 437 g/mol. The fourth-order valence-corrected chi connectivity index (χ4v) is 2.43. The summed E-state index contributed by atoms with van der Waals surface area (Å²) in [6.45, 7) is 3.36. The summed E-state index contributed by atoms with van der Waals surface area (Å²) in [7, 11) is 0. The van der Waals surface area contributed by atoms with E-state index >= 15 is 0 Å². The molecule has 0 aromatic heterocycles. The van der Waals surface area contributed by atoms with Gasteiger partial charge >= 0.3 is 5.97 Å². The largest absolute Gasteiger partial charge is 0.480 e. The molecule has 0 aliphatic carbocycles. The molecular weight excluding hydrogens is 410 g/mol. The van der Waals surface area contributed by atoms with Crippen molar-refractivity contribution in [1.82, 2.24) is 16.0 Å². The van der Waals surface area contributed by atoms with Crippen LogP contribution in [0.3, 0.4) is 0 Å². The highest BCUT2D eigenvalue weighted by molar-refractivity contribution is 7.80. The van der Waals surface area contributed by atoms with Crippen molar-refractivity contribution >= 4 is 54.9 Å². The molecule has 0 saturated carbocycles. The van der Waals surface area contributed by atoms with Gasteiger partial charge in [-0.3, -0.25) is 19.2 Å². The van der Waals surface area contributed by atoms with Crippen molar-refractivity contribution in [2.24, 2.45) is 17.4 Å². The normalized spacial score (nSPS) is 15.1. The fourth-order valence-electron chi connectivity index (χ4n) is 2.01. The number of carboxylic acid groups (broad SMARTS) is 1. The van der Waals surface area contributed by atoms with Crippen molar-refractivity contribution in [3.8, 4) is 0 Å². The quantitative estimate of drug-likeness (QED) is 0.151. The Hall–Kier alpha value is -1.99. The van der Waals surface area contributed by atoms with Gasteiger partial charge in [-0.2, -0.15) is 25.3 Å². The maximum atomic E-state index is 12.5. The average molecular weight is 438 g/mol. The van der Waals surface area contributed by atoms with Crippen LogP contribution in [0.25, 0.3) is 0 Å². The molecule has 4 unspecified atom stereocenters. The van der Waals surface area contributed by atoms with E-state index in [0.717, 1.165) is 0 Å². The minimum Gasteiger partial charge on any atom is -0.480 e. The maximum Gasteiger partial charge on any atom is 0.326 e. The third kappa shape index (κ3) is 8.80. The molecule has 160 valence electrons. The van der Waals surface area contributed by atoms with Gasteiger partial charge in [0, 0.05) is 11.5 Å². The van der Waals surface area contributed by atoms with Gasteiger partial charge in [0.25, 0.3) is 0 Å². The first kappa shape index (κ1) is 26.0. The Morgan fingerprint density at radius 1 is 0.893 bits per heavy atom. The second-order valence-electron chi connectivity index (χ2n) is 6.33. The highest BCUT2D eigenvalue weighted by Gasteiger charge is 2.31. The van der Waals surface area contributed by atoms with Crippen LogP contribution in [0.4, 0.5) is 0 Å². The summed E-state index contributed by atoms with van der Waals surface area (Å²) in [4.78, 5) is 58.8. The predicted octanol–water partition coefficient (Wildman–Crippen LogP) is -2.76. The first-order valence-corrected chi connectivity index (χ1v) is 9.60. The third-order valence-electron chi connectivity index (χ3n) is 3.62. The van der Waals surface area contributed by atoms with Gasteiger partial charge in [-0.05, 0) is 5.92 Å². The number of nitrogens with two attached hydrogens (primary N) is 2. The summed E-state index contributed by atoms with van der Waals surface area (Å²) in [5.74, 6) is -4.90. The lowest BCUT2D eigenvalue weighted by Gasteiger charge is -2.26. The highest BCUT2D eigenvalue weighted by Crippen LogP contribution is 2.04. The van der Waals surface area contributed by atoms with Crippen LogP contribution in [0.2, 0.25) is 0 Å². The maximum absolute atomic E-state index is 12.5. The number of carbonyl (C=O) groups excluding carboxylic acids is 4. The van der Waals surface area contributed by atoms with Crippen LogP contribution in [0, 0.1) is 5.92 Å². The SMILES string of the molecule is CC(C)C(NC(=O)C(N)CS)C(=O)NC(CS)C(=O)NC(CC(N)=O)C(=O)O. The molecular formula is C15H27N5O6S2. The Kier molecular flexibility index (Phi) is 11.6. The summed E-state index contributed by atoms with van der Waals surface area (Å²) < 4.78 is 0. The lowest BCUT2D eigenvalue weighted by molar-refractivity contribution is -0.143. The molecule has 0 radical (unpaired) electrons. The van der Waals surface area contributed by atoms with Crippen LogP contribution in [-0.4, -0.2) is 70.4 Å². The van der Waals surface area contributed by atoms with Gasteiger partial charge in [0.15, 0.2) is 0 Å². The molecule has 0 heterocycles. The van der Waals surface area contributed by atoms with E-state index < -0.39 is 60.2 Å². The number of primary amides is 1. The Bertz CT molecular complexity index is 603. The molecule has 4 atom stereocenters. The third-order valence-corrected chi connectivity index (χ3v) is 4.37. The summed E-state index contributed by atoms with van der Waals surface area (Å²) in [5, 5.41) is 16.0. The van der Waals surface area contributed by atoms with Crippen LogP contribution >= 0.6 is 25.3 Å². The molecule has 0 spiro atoms. The van der Waals surface area contributed by atoms with E-state index in [9.17, 15) is 24.0 Å². The number of rotatable bonds is 12. The number of amides is 4. The van der Waals surface area contributed by atoms with Gasteiger partial charge in [0.2, 0.25) is 23.6 Å². The minimum absolute atomic E-state index is 0.0797. The molecule has 0 saturated heterocycles. The van der Waals surface area contributed by atoms with Gasteiger partial charge in [0.05, 0.1) is 12.5 Å². The van der Waals surface area contributed by atoms with Crippen LogP contribution in [0.15, 0.2) is 0 Å².